The van der Waals surface area contributed by atoms with Crippen LogP contribution >= 0.6 is 23.2 Å². The summed E-state index contributed by atoms with van der Waals surface area (Å²) in [4.78, 5) is 12.4. The Morgan fingerprint density at radius 3 is 2.54 bits per heavy atom. The highest BCUT2D eigenvalue weighted by atomic mass is 35.5. The van der Waals surface area contributed by atoms with E-state index < -0.39 is 0 Å². The molecule has 2 aromatic rings. The number of ketones is 1. The van der Waals surface area contributed by atoms with Crippen molar-refractivity contribution in [3.63, 3.8) is 0 Å². The third-order valence-electron chi connectivity index (χ3n) is 3.76. The minimum absolute atomic E-state index is 0.0708. The SMILES string of the molecule is CC(C)=C1Oc2cc(OCc3ccc(Cl)c(Cl)c3)cc(C)c2C1=O. The van der Waals surface area contributed by atoms with Gasteiger partial charge in [-0.25, -0.2) is 0 Å². The van der Waals surface area contributed by atoms with Gasteiger partial charge in [0.25, 0.3) is 0 Å². The number of benzene rings is 2. The van der Waals surface area contributed by atoms with Crippen LogP contribution in [-0.2, 0) is 6.61 Å². The van der Waals surface area contributed by atoms with Crippen molar-refractivity contribution in [3.05, 3.63) is 68.4 Å². The van der Waals surface area contributed by atoms with Crippen molar-refractivity contribution in [2.45, 2.75) is 27.4 Å². The molecule has 2 aromatic carbocycles. The molecule has 5 heteroatoms. The van der Waals surface area contributed by atoms with Crippen molar-refractivity contribution in [3.8, 4) is 11.5 Å². The lowest BCUT2D eigenvalue weighted by Gasteiger charge is -2.10. The summed E-state index contributed by atoms with van der Waals surface area (Å²) >= 11 is 11.9. The maximum atomic E-state index is 12.4. The van der Waals surface area contributed by atoms with Crippen molar-refractivity contribution in [2.75, 3.05) is 0 Å². The lowest BCUT2D eigenvalue weighted by atomic mass is 10.0. The van der Waals surface area contributed by atoms with E-state index in [2.05, 4.69) is 0 Å². The highest BCUT2D eigenvalue weighted by molar-refractivity contribution is 6.42. The van der Waals surface area contributed by atoms with Crippen molar-refractivity contribution in [1.82, 2.24) is 0 Å². The van der Waals surface area contributed by atoms with Crippen LogP contribution in [-0.4, -0.2) is 5.78 Å². The fraction of sp³-hybridized carbons (Fsp3) is 0.211. The summed E-state index contributed by atoms with van der Waals surface area (Å²) in [6.07, 6.45) is 0. The summed E-state index contributed by atoms with van der Waals surface area (Å²) in [5, 5.41) is 1.000. The number of Topliss-reactive ketones (excluding diaryl/α,β-unsaturated/α-hetero) is 1. The molecular formula is C19H16Cl2O3. The van der Waals surface area contributed by atoms with Crippen LogP contribution in [0.5, 0.6) is 11.5 Å². The van der Waals surface area contributed by atoms with Crippen molar-refractivity contribution in [2.24, 2.45) is 0 Å². The number of rotatable bonds is 3. The molecule has 3 rings (SSSR count). The van der Waals surface area contributed by atoms with Gasteiger partial charge in [0.2, 0.25) is 5.78 Å². The van der Waals surface area contributed by atoms with Crippen molar-refractivity contribution >= 4 is 29.0 Å². The van der Waals surface area contributed by atoms with Gasteiger partial charge in [0, 0.05) is 6.07 Å². The topological polar surface area (TPSA) is 35.5 Å². The number of carbonyl (C=O) groups is 1. The number of carbonyl (C=O) groups excluding carboxylic acids is 1. The molecule has 0 fully saturated rings. The summed E-state index contributed by atoms with van der Waals surface area (Å²) in [5.74, 6) is 1.51. The fourth-order valence-corrected chi connectivity index (χ4v) is 2.89. The first-order chi connectivity index (χ1) is 11.4. The number of halogens is 2. The highest BCUT2D eigenvalue weighted by Crippen LogP contribution is 2.38. The third kappa shape index (κ3) is 3.14. The van der Waals surface area contributed by atoms with Crippen molar-refractivity contribution < 1.29 is 14.3 Å². The van der Waals surface area contributed by atoms with Crippen LogP contribution in [0.15, 0.2) is 41.7 Å². The van der Waals surface area contributed by atoms with E-state index in [1.54, 1.807) is 18.2 Å². The van der Waals surface area contributed by atoms with Crippen LogP contribution in [0, 0.1) is 6.92 Å². The minimum Gasteiger partial charge on any atom is -0.489 e. The second-order valence-electron chi connectivity index (χ2n) is 5.91. The molecule has 3 nitrogen and oxygen atoms in total. The Hall–Kier alpha value is -1.97. The number of aryl methyl sites for hydroxylation is 1. The molecule has 0 aliphatic carbocycles. The van der Waals surface area contributed by atoms with Crippen LogP contribution in [0.4, 0.5) is 0 Å². The Bertz CT molecular complexity index is 865. The molecule has 0 atom stereocenters. The summed E-state index contributed by atoms with van der Waals surface area (Å²) in [7, 11) is 0. The standard InChI is InChI=1S/C19H16Cl2O3/c1-10(2)19-18(22)17-11(3)6-13(8-16(17)24-19)23-9-12-4-5-14(20)15(21)7-12/h4-8H,9H2,1-3H3. The molecule has 0 amide bonds. The molecule has 0 saturated heterocycles. The molecule has 0 bridgehead atoms. The number of ether oxygens (including phenoxy) is 2. The zero-order valence-corrected chi connectivity index (χ0v) is 15.1. The van der Waals surface area contributed by atoms with E-state index in [1.165, 1.54) is 0 Å². The molecule has 1 aliphatic rings. The predicted octanol–water partition coefficient (Wildman–Crippen LogP) is 5.75. The largest absolute Gasteiger partial charge is 0.489 e. The first kappa shape index (κ1) is 16.9. The van der Waals surface area contributed by atoms with E-state index in [0.29, 0.717) is 39.5 Å². The average molecular weight is 363 g/mol. The maximum absolute atomic E-state index is 12.4. The second-order valence-corrected chi connectivity index (χ2v) is 6.73. The first-order valence-electron chi connectivity index (χ1n) is 7.48. The smallest absolute Gasteiger partial charge is 0.232 e. The Balaban J connectivity index is 1.83. The molecule has 24 heavy (non-hydrogen) atoms. The van der Waals surface area contributed by atoms with Gasteiger partial charge in [-0.05, 0) is 55.7 Å². The Labute approximate surface area is 150 Å². The number of hydrogen-bond acceptors (Lipinski definition) is 3. The van der Waals surface area contributed by atoms with Gasteiger partial charge in [0.15, 0.2) is 5.76 Å². The minimum atomic E-state index is -0.0708. The summed E-state index contributed by atoms with van der Waals surface area (Å²) in [5.41, 5.74) is 3.20. The molecule has 1 aliphatic heterocycles. The number of hydrogen-bond donors (Lipinski definition) is 0. The second kappa shape index (κ2) is 6.50. The van der Waals surface area contributed by atoms with E-state index in [4.69, 9.17) is 32.7 Å². The Morgan fingerprint density at radius 1 is 1.12 bits per heavy atom. The third-order valence-corrected chi connectivity index (χ3v) is 4.50. The lowest BCUT2D eigenvalue weighted by Crippen LogP contribution is -2.01. The molecule has 0 radical (unpaired) electrons. The van der Waals surface area contributed by atoms with Gasteiger partial charge in [-0.3, -0.25) is 4.79 Å². The quantitative estimate of drug-likeness (QED) is 0.652. The normalized spacial score (nSPS) is 12.9. The van der Waals surface area contributed by atoms with Gasteiger partial charge < -0.3 is 9.47 Å². The van der Waals surface area contributed by atoms with Gasteiger partial charge in [0.1, 0.15) is 18.1 Å². The van der Waals surface area contributed by atoms with E-state index in [-0.39, 0.29) is 5.78 Å². The van der Waals surface area contributed by atoms with Gasteiger partial charge in [0.05, 0.1) is 15.6 Å². The molecule has 0 aromatic heterocycles. The van der Waals surface area contributed by atoms with Gasteiger partial charge in [-0.1, -0.05) is 29.3 Å². The van der Waals surface area contributed by atoms with E-state index in [1.807, 2.05) is 32.9 Å². The fourth-order valence-electron chi connectivity index (χ4n) is 2.57. The van der Waals surface area contributed by atoms with E-state index in [9.17, 15) is 4.79 Å². The summed E-state index contributed by atoms with van der Waals surface area (Å²) in [6, 6.07) is 8.94. The van der Waals surface area contributed by atoms with Crippen LogP contribution in [0.1, 0.15) is 35.3 Å². The first-order valence-corrected chi connectivity index (χ1v) is 8.24. The highest BCUT2D eigenvalue weighted by Gasteiger charge is 2.30. The van der Waals surface area contributed by atoms with E-state index in [0.717, 1.165) is 16.7 Å². The molecule has 124 valence electrons. The molecule has 0 saturated carbocycles. The van der Waals surface area contributed by atoms with Crippen LogP contribution in [0.25, 0.3) is 0 Å². The van der Waals surface area contributed by atoms with Crippen LogP contribution in [0.3, 0.4) is 0 Å². The molecule has 1 heterocycles. The Kier molecular flexibility index (Phi) is 4.57. The molecular weight excluding hydrogens is 347 g/mol. The lowest BCUT2D eigenvalue weighted by molar-refractivity contribution is 0.101. The van der Waals surface area contributed by atoms with Crippen LogP contribution < -0.4 is 9.47 Å². The van der Waals surface area contributed by atoms with Gasteiger partial charge >= 0.3 is 0 Å². The zero-order valence-electron chi connectivity index (χ0n) is 13.6. The number of allylic oxidation sites excluding steroid dienone is 2. The Morgan fingerprint density at radius 2 is 1.88 bits per heavy atom. The predicted molar refractivity (Wildman–Crippen MR) is 95.3 cm³/mol. The molecule has 0 unspecified atom stereocenters. The summed E-state index contributed by atoms with van der Waals surface area (Å²) < 4.78 is 11.5. The van der Waals surface area contributed by atoms with Gasteiger partial charge in [-0.2, -0.15) is 0 Å². The number of fused-ring (bicyclic) bond motifs is 1. The monoisotopic (exact) mass is 362 g/mol. The van der Waals surface area contributed by atoms with Crippen LogP contribution in [0.2, 0.25) is 10.0 Å². The zero-order chi connectivity index (χ0) is 17.4. The van der Waals surface area contributed by atoms with Crippen molar-refractivity contribution in [1.29, 1.82) is 0 Å². The summed E-state index contributed by atoms with van der Waals surface area (Å²) in [6.45, 7) is 5.94. The average Bonchev–Trinajstić information content (AvgIpc) is 2.86. The molecule has 0 spiro atoms. The molecule has 0 N–H and O–H groups in total. The maximum Gasteiger partial charge on any atom is 0.232 e. The van der Waals surface area contributed by atoms with Gasteiger partial charge in [-0.15, -0.1) is 0 Å². The van der Waals surface area contributed by atoms with E-state index >= 15 is 0 Å².